The lowest BCUT2D eigenvalue weighted by Gasteiger charge is -2.35. The molecule has 102 valence electrons. The molecule has 1 saturated heterocycles. The summed E-state index contributed by atoms with van der Waals surface area (Å²) < 4.78 is 0. The molecule has 1 nitrogen and oxygen atoms in total. The summed E-state index contributed by atoms with van der Waals surface area (Å²) in [6.45, 7) is 3.28. The van der Waals surface area contributed by atoms with Crippen LogP contribution in [-0.2, 0) is 0 Å². The standard InChI is InChI=1S/C18H18ClN/c1-12-2-5-15(6-3-12)20-9-8-13-10-18(20)17-11-14(19)4-7-16(13)17/h2-7,11,13,18H,8-10H2,1H3. The molecule has 2 heteroatoms. The first-order valence-corrected chi connectivity index (χ1v) is 7.73. The second-order valence-electron chi connectivity index (χ2n) is 6.04. The van der Waals surface area contributed by atoms with Crippen molar-refractivity contribution < 1.29 is 0 Å². The topological polar surface area (TPSA) is 3.24 Å². The summed E-state index contributed by atoms with van der Waals surface area (Å²) in [5.41, 5.74) is 5.62. The van der Waals surface area contributed by atoms with E-state index in [9.17, 15) is 0 Å². The van der Waals surface area contributed by atoms with Gasteiger partial charge in [0.25, 0.3) is 0 Å². The molecule has 1 fully saturated rings. The first-order chi connectivity index (χ1) is 9.72. The van der Waals surface area contributed by atoms with Crippen molar-refractivity contribution in [3.05, 3.63) is 64.2 Å². The minimum atomic E-state index is 0.505. The lowest BCUT2D eigenvalue weighted by molar-refractivity contribution is 0.465. The van der Waals surface area contributed by atoms with E-state index >= 15 is 0 Å². The largest absolute Gasteiger partial charge is 0.364 e. The van der Waals surface area contributed by atoms with Gasteiger partial charge in [0.1, 0.15) is 0 Å². The Morgan fingerprint density at radius 2 is 1.85 bits per heavy atom. The minimum Gasteiger partial charge on any atom is -0.364 e. The fourth-order valence-corrected chi connectivity index (χ4v) is 3.97. The molecule has 20 heavy (non-hydrogen) atoms. The predicted molar refractivity (Wildman–Crippen MR) is 84.7 cm³/mol. The zero-order chi connectivity index (χ0) is 13.7. The van der Waals surface area contributed by atoms with E-state index in [0.29, 0.717) is 6.04 Å². The van der Waals surface area contributed by atoms with E-state index in [4.69, 9.17) is 11.6 Å². The Balaban J connectivity index is 1.76. The van der Waals surface area contributed by atoms with E-state index in [-0.39, 0.29) is 0 Å². The first-order valence-electron chi connectivity index (χ1n) is 7.35. The van der Waals surface area contributed by atoms with E-state index in [2.05, 4.69) is 48.2 Å². The summed E-state index contributed by atoms with van der Waals surface area (Å²) in [6.07, 6.45) is 2.49. The number of benzene rings is 2. The lowest BCUT2D eigenvalue weighted by atomic mass is 9.95. The van der Waals surface area contributed by atoms with Gasteiger partial charge in [-0.1, -0.05) is 35.4 Å². The number of piperidine rings is 1. The first kappa shape index (κ1) is 12.3. The molecule has 0 radical (unpaired) electrons. The van der Waals surface area contributed by atoms with Gasteiger partial charge in [-0.2, -0.15) is 0 Å². The molecular weight excluding hydrogens is 266 g/mol. The van der Waals surface area contributed by atoms with E-state index in [1.54, 1.807) is 0 Å². The molecule has 2 bridgehead atoms. The molecule has 2 aromatic carbocycles. The summed E-state index contributed by atoms with van der Waals surface area (Å²) in [4.78, 5) is 2.55. The molecule has 0 spiro atoms. The van der Waals surface area contributed by atoms with Crippen LogP contribution in [0.5, 0.6) is 0 Å². The second kappa shape index (κ2) is 4.53. The number of rotatable bonds is 1. The molecule has 4 rings (SSSR count). The van der Waals surface area contributed by atoms with Crippen LogP contribution in [0.1, 0.15) is 41.5 Å². The number of fused-ring (bicyclic) bond motifs is 5. The zero-order valence-electron chi connectivity index (χ0n) is 11.6. The van der Waals surface area contributed by atoms with Gasteiger partial charge in [-0.05, 0) is 61.1 Å². The van der Waals surface area contributed by atoms with Gasteiger partial charge in [0, 0.05) is 17.3 Å². The summed E-state index contributed by atoms with van der Waals surface area (Å²) in [6, 6.07) is 15.9. The van der Waals surface area contributed by atoms with Crippen molar-refractivity contribution in [2.45, 2.75) is 31.7 Å². The minimum absolute atomic E-state index is 0.505. The third kappa shape index (κ3) is 1.84. The number of hydrogen-bond donors (Lipinski definition) is 0. The van der Waals surface area contributed by atoms with Gasteiger partial charge in [-0.25, -0.2) is 0 Å². The summed E-state index contributed by atoms with van der Waals surface area (Å²) in [7, 11) is 0. The molecule has 2 unspecified atom stereocenters. The Morgan fingerprint density at radius 1 is 1.05 bits per heavy atom. The van der Waals surface area contributed by atoms with E-state index in [1.807, 2.05) is 6.07 Å². The smallest absolute Gasteiger partial charge is 0.0551 e. The lowest BCUT2D eigenvalue weighted by Crippen LogP contribution is -2.32. The molecule has 0 aromatic heterocycles. The predicted octanol–water partition coefficient (Wildman–Crippen LogP) is 5.09. The maximum absolute atomic E-state index is 6.21. The number of halogens is 1. The molecular formula is C18H18ClN. The summed E-state index contributed by atoms with van der Waals surface area (Å²) in [5.74, 6) is 0.731. The molecule has 2 atom stereocenters. The maximum Gasteiger partial charge on any atom is 0.0551 e. The van der Waals surface area contributed by atoms with Gasteiger partial charge in [-0.3, -0.25) is 0 Å². The molecule has 0 amide bonds. The zero-order valence-corrected chi connectivity index (χ0v) is 12.4. The monoisotopic (exact) mass is 283 g/mol. The van der Waals surface area contributed by atoms with E-state index in [1.165, 1.54) is 35.2 Å². The Morgan fingerprint density at radius 3 is 2.65 bits per heavy atom. The molecule has 1 heterocycles. The van der Waals surface area contributed by atoms with Gasteiger partial charge in [0.2, 0.25) is 0 Å². The van der Waals surface area contributed by atoms with Crippen LogP contribution in [0.2, 0.25) is 5.02 Å². The van der Waals surface area contributed by atoms with Gasteiger partial charge in [0.15, 0.2) is 0 Å². The number of hydrogen-bond acceptors (Lipinski definition) is 1. The number of aryl methyl sites for hydroxylation is 1. The summed E-state index contributed by atoms with van der Waals surface area (Å²) >= 11 is 6.21. The highest BCUT2D eigenvalue weighted by molar-refractivity contribution is 6.30. The Labute approximate surface area is 125 Å². The van der Waals surface area contributed by atoms with Gasteiger partial charge < -0.3 is 4.90 Å². The number of nitrogens with zero attached hydrogens (tertiary/aromatic N) is 1. The molecule has 2 aromatic rings. The van der Waals surface area contributed by atoms with E-state index in [0.717, 1.165) is 17.5 Å². The number of anilines is 1. The fourth-order valence-electron chi connectivity index (χ4n) is 3.79. The van der Waals surface area contributed by atoms with Crippen molar-refractivity contribution in [2.75, 3.05) is 11.4 Å². The molecule has 2 aliphatic rings. The third-order valence-corrected chi connectivity index (χ3v) is 5.05. The SMILES string of the molecule is Cc1ccc(N2CCC3CC2c2cc(Cl)ccc23)cc1. The molecule has 0 saturated carbocycles. The van der Waals surface area contributed by atoms with Crippen LogP contribution < -0.4 is 4.90 Å². The quantitative estimate of drug-likeness (QED) is 0.705. The van der Waals surface area contributed by atoms with Crippen LogP contribution >= 0.6 is 11.6 Å². The van der Waals surface area contributed by atoms with Crippen LogP contribution in [0, 0.1) is 6.92 Å². The Kier molecular flexibility index (Phi) is 2.78. The highest BCUT2D eigenvalue weighted by atomic mass is 35.5. The van der Waals surface area contributed by atoms with Crippen molar-refractivity contribution in [3.8, 4) is 0 Å². The van der Waals surface area contributed by atoms with Crippen molar-refractivity contribution in [1.82, 2.24) is 0 Å². The Bertz CT molecular complexity index is 647. The average Bonchev–Trinajstić information content (AvgIpc) is 2.73. The van der Waals surface area contributed by atoms with Crippen LogP contribution in [0.3, 0.4) is 0 Å². The highest BCUT2D eigenvalue weighted by Crippen LogP contribution is 2.50. The van der Waals surface area contributed by atoms with Crippen molar-refractivity contribution in [1.29, 1.82) is 0 Å². The van der Waals surface area contributed by atoms with Crippen LogP contribution in [0.15, 0.2) is 42.5 Å². The van der Waals surface area contributed by atoms with Gasteiger partial charge in [0.05, 0.1) is 6.04 Å². The van der Waals surface area contributed by atoms with Crippen LogP contribution in [-0.4, -0.2) is 6.54 Å². The van der Waals surface area contributed by atoms with Crippen molar-refractivity contribution in [3.63, 3.8) is 0 Å². The maximum atomic E-state index is 6.21. The summed E-state index contributed by atoms with van der Waals surface area (Å²) in [5, 5.41) is 0.861. The van der Waals surface area contributed by atoms with E-state index < -0.39 is 0 Å². The van der Waals surface area contributed by atoms with Gasteiger partial charge in [-0.15, -0.1) is 0 Å². The Hall–Kier alpha value is -1.47. The average molecular weight is 284 g/mol. The fraction of sp³-hybridized carbons (Fsp3) is 0.333. The van der Waals surface area contributed by atoms with Gasteiger partial charge >= 0.3 is 0 Å². The molecule has 1 aliphatic carbocycles. The van der Waals surface area contributed by atoms with Crippen LogP contribution in [0.4, 0.5) is 5.69 Å². The second-order valence-corrected chi connectivity index (χ2v) is 6.48. The molecule has 1 aliphatic heterocycles. The highest BCUT2D eigenvalue weighted by Gasteiger charge is 2.38. The van der Waals surface area contributed by atoms with Crippen molar-refractivity contribution in [2.24, 2.45) is 0 Å². The normalized spacial score (nSPS) is 23.8. The van der Waals surface area contributed by atoms with Crippen molar-refractivity contribution >= 4 is 17.3 Å². The molecule has 0 N–H and O–H groups in total. The third-order valence-electron chi connectivity index (χ3n) is 4.82. The van der Waals surface area contributed by atoms with Crippen LogP contribution in [0.25, 0.3) is 0 Å².